The maximum atomic E-state index is 12.5. The number of hydrogen-bond donors (Lipinski definition) is 1. The van der Waals surface area contributed by atoms with Gasteiger partial charge in [0.1, 0.15) is 16.7 Å². The van der Waals surface area contributed by atoms with Crippen molar-refractivity contribution in [3.63, 3.8) is 0 Å². The zero-order valence-corrected chi connectivity index (χ0v) is 17.1. The van der Waals surface area contributed by atoms with Crippen LogP contribution < -0.4 is 14.9 Å². The Morgan fingerprint density at radius 1 is 1.15 bits per heavy atom. The number of nitrogens with one attached hydrogen (secondary N) is 1. The molecule has 1 aromatic heterocycles. The predicted octanol–water partition coefficient (Wildman–Crippen LogP) is 2.67. The summed E-state index contributed by atoms with van der Waals surface area (Å²) in [5.41, 5.74) is 1.38. The highest BCUT2D eigenvalue weighted by atomic mass is 32.2. The highest BCUT2D eigenvalue weighted by Crippen LogP contribution is 2.36. The quantitative estimate of drug-likeness (QED) is 0.771. The van der Waals surface area contributed by atoms with E-state index in [1.807, 2.05) is 64.1 Å². The standard InChI is InChI=1S/C19H25BN2O4S/c1-18(2)19(3,4)26-20(25-18)15-11-16(17(24-5)21-12-15)22-27(23)13-14-9-7-6-8-10-14/h6-12,22H,13H2,1-5H3. The number of aromatic nitrogens is 1. The molecule has 0 radical (unpaired) electrons. The minimum absolute atomic E-state index is 0.372. The summed E-state index contributed by atoms with van der Waals surface area (Å²) in [6.07, 6.45) is 1.66. The topological polar surface area (TPSA) is 69.7 Å². The lowest BCUT2D eigenvalue weighted by molar-refractivity contribution is 0.00578. The first-order valence-electron chi connectivity index (χ1n) is 8.80. The number of nitrogens with zero attached hydrogens (tertiary/aromatic N) is 1. The van der Waals surface area contributed by atoms with E-state index in [-0.39, 0.29) is 0 Å². The summed E-state index contributed by atoms with van der Waals surface area (Å²) >= 11 is 0. The summed E-state index contributed by atoms with van der Waals surface area (Å²) in [6.45, 7) is 7.99. The van der Waals surface area contributed by atoms with E-state index >= 15 is 0 Å². The van der Waals surface area contributed by atoms with Crippen LogP contribution in [0.25, 0.3) is 0 Å². The van der Waals surface area contributed by atoms with Crippen LogP contribution in [0.1, 0.15) is 33.3 Å². The molecule has 0 bridgehead atoms. The molecule has 8 heteroatoms. The van der Waals surface area contributed by atoms with E-state index in [0.717, 1.165) is 11.0 Å². The van der Waals surface area contributed by atoms with Crippen molar-refractivity contribution >= 4 is 29.3 Å². The third-order valence-electron chi connectivity index (χ3n) is 4.96. The van der Waals surface area contributed by atoms with Gasteiger partial charge in [-0.3, -0.25) is 0 Å². The molecule has 1 saturated heterocycles. The first kappa shape index (κ1) is 19.9. The van der Waals surface area contributed by atoms with E-state index in [4.69, 9.17) is 14.0 Å². The van der Waals surface area contributed by atoms with E-state index in [9.17, 15) is 4.21 Å². The molecule has 2 heterocycles. The van der Waals surface area contributed by atoms with Crippen LogP contribution in [0.2, 0.25) is 0 Å². The lowest BCUT2D eigenvalue weighted by Crippen LogP contribution is -2.41. The minimum Gasteiger partial charge on any atom is -0.480 e. The van der Waals surface area contributed by atoms with E-state index in [1.54, 1.807) is 6.20 Å². The van der Waals surface area contributed by atoms with Crippen LogP contribution in [0.5, 0.6) is 5.88 Å². The van der Waals surface area contributed by atoms with Crippen LogP contribution in [0.15, 0.2) is 42.6 Å². The molecule has 3 rings (SSSR count). The van der Waals surface area contributed by atoms with Gasteiger partial charge in [0.05, 0.1) is 24.1 Å². The third-order valence-corrected chi connectivity index (χ3v) is 6.00. The molecule has 0 spiro atoms. The van der Waals surface area contributed by atoms with Crippen LogP contribution in [0.3, 0.4) is 0 Å². The number of ether oxygens (including phenoxy) is 1. The molecule has 1 aliphatic heterocycles. The van der Waals surface area contributed by atoms with Crippen LogP contribution >= 0.6 is 0 Å². The number of pyridine rings is 1. The Morgan fingerprint density at radius 3 is 2.37 bits per heavy atom. The molecule has 1 atom stereocenters. The predicted molar refractivity (Wildman–Crippen MR) is 108 cm³/mol. The molecule has 0 saturated carbocycles. The van der Waals surface area contributed by atoms with Crippen molar-refractivity contribution in [2.24, 2.45) is 0 Å². The van der Waals surface area contributed by atoms with Crippen molar-refractivity contribution in [1.82, 2.24) is 4.98 Å². The van der Waals surface area contributed by atoms with Gasteiger partial charge in [0, 0.05) is 11.7 Å². The Kier molecular flexibility index (Phi) is 5.60. The van der Waals surface area contributed by atoms with Crippen LogP contribution in [0.4, 0.5) is 5.69 Å². The van der Waals surface area contributed by atoms with Gasteiger partial charge in [0.25, 0.3) is 0 Å². The van der Waals surface area contributed by atoms with Gasteiger partial charge in [0.15, 0.2) is 0 Å². The summed E-state index contributed by atoms with van der Waals surface area (Å²) in [4.78, 5) is 4.32. The van der Waals surface area contributed by atoms with Crippen molar-refractivity contribution < 1.29 is 18.3 Å². The van der Waals surface area contributed by atoms with Crippen molar-refractivity contribution in [2.45, 2.75) is 44.6 Å². The van der Waals surface area contributed by atoms with E-state index in [1.165, 1.54) is 7.11 Å². The molecule has 0 aliphatic carbocycles. The van der Waals surface area contributed by atoms with E-state index in [0.29, 0.717) is 17.3 Å². The van der Waals surface area contributed by atoms with Crippen molar-refractivity contribution in [3.8, 4) is 5.88 Å². The van der Waals surface area contributed by atoms with Gasteiger partial charge in [-0.2, -0.15) is 0 Å². The molecular formula is C19H25BN2O4S. The Hall–Kier alpha value is -1.90. The van der Waals surface area contributed by atoms with Gasteiger partial charge in [-0.15, -0.1) is 0 Å². The number of rotatable bonds is 6. The van der Waals surface area contributed by atoms with Crippen LogP contribution in [-0.4, -0.2) is 34.6 Å². The van der Waals surface area contributed by atoms with E-state index in [2.05, 4.69) is 9.71 Å². The fraction of sp³-hybridized carbons (Fsp3) is 0.421. The van der Waals surface area contributed by atoms with Gasteiger partial charge in [0.2, 0.25) is 5.88 Å². The molecule has 1 aromatic carbocycles. The van der Waals surface area contributed by atoms with Gasteiger partial charge in [-0.05, 0) is 39.3 Å². The average molecular weight is 388 g/mol. The molecule has 1 N–H and O–H groups in total. The largest absolute Gasteiger partial charge is 0.496 e. The number of hydrogen-bond acceptors (Lipinski definition) is 5. The summed E-state index contributed by atoms with van der Waals surface area (Å²) in [6, 6.07) is 11.5. The third kappa shape index (κ3) is 4.34. The minimum atomic E-state index is -1.33. The van der Waals surface area contributed by atoms with Crippen molar-refractivity contribution in [2.75, 3.05) is 11.8 Å². The Labute approximate surface area is 163 Å². The second kappa shape index (κ2) is 7.62. The van der Waals surface area contributed by atoms with Crippen LogP contribution in [-0.2, 0) is 26.0 Å². The number of methoxy groups -OCH3 is 1. The van der Waals surface area contributed by atoms with Gasteiger partial charge < -0.3 is 18.8 Å². The second-order valence-corrected chi connectivity index (χ2v) is 8.68. The lowest BCUT2D eigenvalue weighted by Gasteiger charge is -2.32. The zero-order chi connectivity index (χ0) is 19.7. The molecule has 27 heavy (non-hydrogen) atoms. The zero-order valence-electron chi connectivity index (χ0n) is 16.3. The maximum Gasteiger partial charge on any atom is 0.496 e. The number of anilines is 1. The lowest BCUT2D eigenvalue weighted by atomic mass is 9.80. The Morgan fingerprint density at radius 2 is 1.78 bits per heavy atom. The summed E-state index contributed by atoms with van der Waals surface area (Å²) in [7, 11) is -0.341. The molecule has 1 aliphatic rings. The molecule has 2 aromatic rings. The van der Waals surface area contributed by atoms with Gasteiger partial charge >= 0.3 is 7.12 Å². The molecule has 0 amide bonds. The fourth-order valence-electron chi connectivity index (χ4n) is 2.70. The average Bonchev–Trinajstić information content (AvgIpc) is 2.83. The summed E-state index contributed by atoms with van der Waals surface area (Å²) in [5, 5.41) is 0. The second-order valence-electron chi connectivity index (χ2n) is 7.49. The maximum absolute atomic E-state index is 12.5. The van der Waals surface area contributed by atoms with E-state index < -0.39 is 29.3 Å². The molecule has 6 nitrogen and oxygen atoms in total. The van der Waals surface area contributed by atoms with Crippen molar-refractivity contribution in [1.29, 1.82) is 0 Å². The smallest absolute Gasteiger partial charge is 0.480 e. The monoisotopic (exact) mass is 388 g/mol. The number of benzene rings is 1. The van der Waals surface area contributed by atoms with Gasteiger partial charge in [-0.1, -0.05) is 30.3 Å². The first-order chi connectivity index (χ1) is 12.7. The first-order valence-corrected chi connectivity index (χ1v) is 10.1. The Bertz CT molecular complexity index is 814. The summed E-state index contributed by atoms with van der Waals surface area (Å²) < 4.78 is 33.0. The molecular weight excluding hydrogens is 363 g/mol. The van der Waals surface area contributed by atoms with Gasteiger partial charge in [-0.25, -0.2) is 9.19 Å². The SMILES string of the molecule is COc1ncc(B2OC(C)(C)C(C)(C)O2)cc1NS(=O)Cc1ccccc1. The molecule has 1 fully saturated rings. The fourth-order valence-corrected chi connectivity index (χ4v) is 3.66. The molecule has 144 valence electrons. The summed E-state index contributed by atoms with van der Waals surface area (Å²) in [5.74, 6) is 0.752. The highest BCUT2D eigenvalue weighted by molar-refractivity contribution is 7.85. The van der Waals surface area contributed by atoms with Crippen molar-refractivity contribution in [3.05, 3.63) is 48.2 Å². The normalized spacial score (nSPS) is 18.9. The molecule has 1 unspecified atom stereocenters. The van der Waals surface area contributed by atoms with Crippen LogP contribution in [0, 0.1) is 0 Å². The highest BCUT2D eigenvalue weighted by Gasteiger charge is 2.51. The Balaban J connectivity index is 1.79.